The van der Waals surface area contributed by atoms with E-state index in [-0.39, 0.29) is 0 Å². The Labute approximate surface area is 115 Å². The first-order valence-electron chi connectivity index (χ1n) is 5.54. The minimum atomic E-state index is 0.624. The number of rotatable bonds is 3. The van der Waals surface area contributed by atoms with Gasteiger partial charge in [0, 0.05) is 23.4 Å². The zero-order valence-corrected chi connectivity index (χ0v) is 11.5. The van der Waals surface area contributed by atoms with E-state index >= 15 is 0 Å². The van der Waals surface area contributed by atoms with Crippen molar-refractivity contribution < 1.29 is 0 Å². The van der Waals surface area contributed by atoms with Gasteiger partial charge in [-0.1, -0.05) is 6.07 Å². The zero-order valence-electron chi connectivity index (χ0n) is 9.94. The van der Waals surface area contributed by atoms with Crippen LogP contribution in [0.5, 0.6) is 0 Å². The van der Waals surface area contributed by atoms with Crippen molar-refractivity contribution in [2.75, 3.05) is 5.32 Å². The first kappa shape index (κ1) is 12.6. The second kappa shape index (κ2) is 5.65. The predicted octanol–water partition coefficient (Wildman–Crippen LogP) is 3.64. The molecule has 0 saturated heterocycles. The lowest BCUT2D eigenvalue weighted by molar-refractivity contribution is 1.08. The van der Waals surface area contributed by atoms with Crippen molar-refractivity contribution in [3.8, 4) is 6.07 Å². The summed E-state index contributed by atoms with van der Waals surface area (Å²) in [5.41, 5.74) is 3.77. The minimum Gasteiger partial charge on any atom is -0.380 e. The summed E-state index contributed by atoms with van der Waals surface area (Å²) in [6, 6.07) is 9.83. The molecule has 0 atom stereocenters. The molecule has 0 amide bonds. The lowest BCUT2D eigenvalue weighted by Gasteiger charge is -2.10. The smallest absolute Gasteiger partial charge is 0.103 e. The molecule has 1 heterocycles. The quantitative estimate of drug-likeness (QED) is 0.941. The highest BCUT2D eigenvalue weighted by Crippen LogP contribution is 2.24. The van der Waals surface area contributed by atoms with Crippen molar-refractivity contribution in [3.63, 3.8) is 0 Å². The van der Waals surface area contributed by atoms with Gasteiger partial charge in [0.1, 0.15) is 6.07 Å². The topological polar surface area (TPSA) is 48.7 Å². The maximum Gasteiger partial charge on any atom is 0.103 e. The van der Waals surface area contributed by atoms with Crippen LogP contribution in [0.3, 0.4) is 0 Å². The molecule has 0 radical (unpaired) electrons. The molecule has 18 heavy (non-hydrogen) atoms. The first-order valence-corrected chi connectivity index (χ1v) is 6.33. The number of pyridine rings is 1. The Kier molecular flexibility index (Phi) is 3.96. The molecule has 0 unspecified atom stereocenters. The van der Waals surface area contributed by atoms with E-state index in [4.69, 9.17) is 5.26 Å². The van der Waals surface area contributed by atoms with Crippen molar-refractivity contribution in [2.24, 2.45) is 0 Å². The number of hydrogen-bond donors (Lipinski definition) is 1. The number of benzene rings is 1. The van der Waals surface area contributed by atoms with Crippen LogP contribution in [0.15, 0.2) is 41.1 Å². The van der Waals surface area contributed by atoms with Gasteiger partial charge in [0.15, 0.2) is 0 Å². The molecule has 0 aliphatic carbocycles. The monoisotopic (exact) mass is 301 g/mol. The number of hydrogen-bond acceptors (Lipinski definition) is 3. The Morgan fingerprint density at radius 2 is 2.22 bits per heavy atom. The first-order chi connectivity index (χ1) is 8.72. The highest BCUT2D eigenvalue weighted by atomic mass is 79.9. The fourth-order valence-electron chi connectivity index (χ4n) is 1.66. The SMILES string of the molecule is Cc1ccncc1CNc1cccc(Br)c1C#N. The molecule has 1 N–H and O–H groups in total. The van der Waals surface area contributed by atoms with Crippen molar-refractivity contribution in [3.05, 3.63) is 57.8 Å². The molecule has 4 heteroatoms. The fraction of sp³-hybridized carbons (Fsp3) is 0.143. The van der Waals surface area contributed by atoms with Gasteiger partial charge in [0.2, 0.25) is 0 Å². The van der Waals surface area contributed by atoms with Crippen LogP contribution in [0.25, 0.3) is 0 Å². The van der Waals surface area contributed by atoms with Gasteiger partial charge in [-0.3, -0.25) is 4.98 Å². The number of nitriles is 1. The lowest BCUT2D eigenvalue weighted by atomic mass is 10.1. The Morgan fingerprint density at radius 3 is 2.94 bits per heavy atom. The van der Waals surface area contributed by atoms with E-state index in [0.717, 1.165) is 15.7 Å². The third kappa shape index (κ3) is 2.69. The van der Waals surface area contributed by atoms with Crippen LogP contribution in [0.1, 0.15) is 16.7 Å². The second-order valence-electron chi connectivity index (χ2n) is 3.93. The maximum atomic E-state index is 9.12. The third-order valence-electron chi connectivity index (χ3n) is 2.74. The Hall–Kier alpha value is -1.86. The van der Waals surface area contributed by atoms with Crippen LogP contribution in [-0.2, 0) is 6.54 Å². The van der Waals surface area contributed by atoms with E-state index < -0.39 is 0 Å². The highest BCUT2D eigenvalue weighted by Gasteiger charge is 2.06. The summed E-state index contributed by atoms with van der Waals surface area (Å²) < 4.78 is 0.804. The van der Waals surface area contributed by atoms with Crippen LogP contribution in [-0.4, -0.2) is 4.98 Å². The van der Waals surface area contributed by atoms with Gasteiger partial charge in [-0.15, -0.1) is 0 Å². The molecule has 1 aromatic heterocycles. The molecule has 2 aromatic rings. The summed E-state index contributed by atoms with van der Waals surface area (Å²) >= 11 is 3.37. The molecular formula is C14H12BrN3. The summed E-state index contributed by atoms with van der Waals surface area (Å²) in [6.45, 7) is 2.70. The zero-order chi connectivity index (χ0) is 13.0. The number of nitrogens with one attached hydrogen (secondary N) is 1. The van der Waals surface area contributed by atoms with E-state index in [1.807, 2.05) is 37.4 Å². The molecule has 90 valence electrons. The molecule has 0 bridgehead atoms. The molecule has 0 aliphatic heterocycles. The Morgan fingerprint density at radius 1 is 1.39 bits per heavy atom. The molecule has 1 aromatic carbocycles. The molecule has 0 aliphatic rings. The highest BCUT2D eigenvalue weighted by molar-refractivity contribution is 9.10. The summed E-state index contributed by atoms with van der Waals surface area (Å²) in [6.07, 6.45) is 3.62. The van der Waals surface area contributed by atoms with Crippen molar-refractivity contribution in [1.82, 2.24) is 4.98 Å². The van der Waals surface area contributed by atoms with Crippen LogP contribution in [0.4, 0.5) is 5.69 Å². The summed E-state index contributed by atoms with van der Waals surface area (Å²) in [4.78, 5) is 4.10. The second-order valence-corrected chi connectivity index (χ2v) is 4.78. The Bertz CT molecular complexity index is 602. The molecule has 0 fully saturated rings. The lowest BCUT2D eigenvalue weighted by Crippen LogP contribution is -2.03. The maximum absolute atomic E-state index is 9.12. The largest absolute Gasteiger partial charge is 0.380 e. The van der Waals surface area contributed by atoms with Crippen LogP contribution in [0, 0.1) is 18.3 Å². The number of aryl methyl sites for hydroxylation is 1. The molecular weight excluding hydrogens is 290 g/mol. The van der Waals surface area contributed by atoms with Gasteiger partial charge < -0.3 is 5.32 Å². The van der Waals surface area contributed by atoms with Gasteiger partial charge in [0.25, 0.3) is 0 Å². The summed E-state index contributed by atoms with van der Waals surface area (Å²) in [7, 11) is 0. The minimum absolute atomic E-state index is 0.624. The van der Waals surface area contributed by atoms with E-state index in [2.05, 4.69) is 32.3 Å². The van der Waals surface area contributed by atoms with Gasteiger partial charge in [-0.2, -0.15) is 5.26 Å². The van der Waals surface area contributed by atoms with E-state index in [0.29, 0.717) is 12.1 Å². The van der Waals surface area contributed by atoms with Gasteiger partial charge >= 0.3 is 0 Å². The number of aromatic nitrogens is 1. The van der Waals surface area contributed by atoms with Gasteiger partial charge in [0.05, 0.1) is 11.3 Å². The molecule has 3 nitrogen and oxygen atoms in total. The normalized spacial score (nSPS) is 9.83. The molecule has 0 saturated carbocycles. The van der Waals surface area contributed by atoms with Crippen LogP contribution < -0.4 is 5.32 Å². The standard InChI is InChI=1S/C14H12BrN3/c1-10-5-6-17-8-11(10)9-18-14-4-2-3-13(15)12(14)7-16/h2-6,8,18H,9H2,1H3. The van der Waals surface area contributed by atoms with Crippen LogP contribution in [0.2, 0.25) is 0 Å². The van der Waals surface area contributed by atoms with Crippen LogP contribution >= 0.6 is 15.9 Å². The van der Waals surface area contributed by atoms with E-state index in [9.17, 15) is 0 Å². The van der Waals surface area contributed by atoms with Crippen molar-refractivity contribution in [2.45, 2.75) is 13.5 Å². The average Bonchev–Trinajstić information content (AvgIpc) is 2.38. The van der Waals surface area contributed by atoms with Crippen molar-refractivity contribution >= 4 is 21.6 Å². The van der Waals surface area contributed by atoms with Gasteiger partial charge in [-0.05, 0) is 52.2 Å². The number of nitrogens with zero attached hydrogens (tertiary/aromatic N) is 2. The number of halogens is 1. The number of anilines is 1. The summed E-state index contributed by atoms with van der Waals surface area (Å²) in [5.74, 6) is 0. The average molecular weight is 302 g/mol. The van der Waals surface area contributed by atoms with Crippen molar-refractivity contribution in [1.29, 1.82) is 5.26 Å². The fourth-order valence-corrected chi connectivity index (χ4v) is 2.11. The van der Waals surface area contributed by atoms with E-state index in [1.165, 1.54) is 5.56 Å². The molecule has 2 rings (SSSR count). The summed E-state index contributed by atoms with van der Waals surface area (Å²) in [5, 5.41) is 12.4. The van der Waals surface area contributed by atoms with Gasteiger partial charge in [-0.25, -0.2) is 0 Å². The van der Waals surface area contributed by atoms with E-state index in [1.54, 1.807) is 6.20 Å². The predicted molar refractivity (Wildman–Crippen MR) is 75.2 cm³/mol. The molecule has 0 spiro atoms. The third-order valence-corrected chi connectivity index (χ3v) is 3.40. The Balaban J connectivity index is 2.19.